The topological polar surface area (TPSA) is 64.7 Å². The van der Waals surface area contributed by atoms with E-state index in [2.05, 4.69) is 15.0 Å². The second-order valence-corrected chi connectivity index (χ2v) is 3.44. The van der Waals surface area contributed by atoms with Crippen LogP contribution < -0.4 is 5.73 Å². The number of rotatable bonds is 1. The zero-order valence-corrected chi connectivity index (χ0v) is 8.73. The van der Waals surface area contributed by atoms with Crippen molar-refractivity contribution in [3.8, 4) is 11.3 Å². The Hall–Kier alpha value is -1.97. The molecule has 0 unspecified atom stereocenters. The molecular formula is C11H12N4. The lowest BCUT2D eigenvalue weighted by molar-refractivity contribution is 1.12. The van der Waals surface area contributed by atoms with E-state index < -0.39 is 0 Å². The summed E-state index contributed by atoms with van der Waals surface area (Å²) in [5, 5.41) is 0. The van der Waals surface area contributed by atoms with Crippen LogP contribution >= 0.6 is 0 Å². The van der Waals surface area contributed by atoms with Crippen LogP contribution in [0.25, 0.3) is 11.3 Å². The van der Waals surface area contributed by atoms with Crippen LogP contribution in [0, 0.1) is 13.8 Å². The van der Waals surface area contributed by atoms with Crippen molar-refractivity contribution in [3.05, 3.63) is 35.8 Å². The van der Waals surface area contributed by atoms with Crippen LogP contribution in [0.2, 0.25) is 0 Å². The van der Waals surface area contributed by atoms with Gasteiger partial charge in [0.1, 0.15) is 0 Å². The first-order valence-electron chi connectivity index (χ1n) is 4.69. The van der Waals surface area contributed by atoms with Crippen molar-refractivity contribution in [3.63, 3.8) is 0 Å². The molecule has 0 aliphatic carbocycles. The van der Waals surface area contributed by atoms with Crippen molar-refractivity contribution in [2.24, 2.45) is 0 Å². The second-order valence-electron chi connectivity index (χ2n) is 3.44. The van der Waals surface area contributed by atoms with Crippen molar-refractivity contribution in [2.45, 2.75) is 13.8 Å². The van der Waals surface area contributed by atoms with Crippen molar-refractivity contribution < 1.29 is 0 Å². The van der Waals surface area contributed by atoms with E-state index in [1.165, 1.54) is 0 Å². The third-order valence-corrected chi connectivity index (χ3v) is 2.19. The Labute approximate surface area is 88.2 Å². The van der Waals surface area contributed by atoms with Crippen LogP contribution in [0.1, 0.15) is 11.3 Å². The van der Waals surface area contributed by atoms with Gasteiger partial charge in [-0.25, -0.2) is 9.97 Å². The third kappa shape index (κ3) is 1.93. The molecule has 0 aromatic carbocycles. The minimum absolute atomic E-state index is 0.299. The van der Waals surface area contributed by atoms with Crippen molar-refractivity contribution in [1.82, 2.24) is 15.0 Å². The number of hydrogen-bond acceptors (Lipinski definition) is 4. The first-order valence-corrected chi connectivity index (χ1v) is 4.69. The van der Waals surface area contributed by atoms with E-state index in [0.717, 1.165) is 22.5 Å². The molecule has 2 N–H and O–H groups in total. The van der Waals surface area contributed by atoms with Gasteiger partial charge in [0.2, 0.25) is 5.95 Å². The highest BCUT2D eigenvalue weighted by molar-refractivity contribution is 5.63. The summed E-state index contributed by atoms with van der Waals surface area (Å²) in [6.07, 6.45) is 3.55. The van der Waals surface area contributed by atoms with Crippen LogP contribution in [0.15, 0.2) is 24.5 Å². The molecule has 0 saturated heterocycles. The fourth-order valence-electron chi connectivity index (χ4n) is 1.46. The summed E-state index contributed by atoms with van der Waals surface area (Å²) >= 11 is 0. The zero-order valence-electron chi connectivity index (χ0n) is 8.73. The maximum atomic E-state index is 5.60. The largest absolute Gasteiger partial charge is 0.368 e. The predicted octanol–water partition coefficient (Wildman–Crippen LogP) is 1.74. The quantitative estimate of drug-likeness (QED) is 0.761. The average molecular weight is 200 g/mol. The monoisotopic (exact) mass is 200 g/mol. The average Bonchev–Trinajstić information content (AvgIpc) is 2.16. The lowest BCUT2D eigenvalue weighted by Gasteiger charge is -2.05. The summed E-state index contributed by atoms with van der Waals surface area (Å²) in [7, 11) is 0. The molecule has 2 aromatic heterocycles. The molecule has 0 spiro atoms. The molecule has 0 atom stereocenters. The third-order valence-electron chi connectivity index (χ3n) is 2.19. The molecule has 2 aromatic rings. The number of aromatic nitrogens is 3. The number of hydrogen-bond donors (Lipinski definition) is 1. The van der Waals surface area contributed by atoms with Gasteiger partial charge in [-0.15, -0.1) is 0 Å². The van der Waals surface area contributed by atoms with Crippen LogP contribution in [0.3, 0.4) is 0 Å². The van der Waals surface area contributed by atoms with E-state index in [9.17, 15) is 0 Å². The maximum absolute atomic E-state index is 5.60. The van der Waals surface area contributed by atoms with Gasteiger partial charge >= 0.3 is 0 Å². The summed E-state index contributed by atoms with van der Waals surface area (Å²) in [6, 6.07) is 3.85. The maximum Gasteiger partial charge on any atom is 0.220 e. The highest BCUT2D eigenvalue weighted by atomic mass is 15.0. The standard InChI is InChI=1S/C11H12N4/c1-7-3-4-13-6-9(7)10-5-8(2)14-11(12)15-10/h3-6H,1-2H3,(H2,12,14,15). The van der Waals surface area contributed by atoms with E-state index in [-0.39, 0.29) is 0 Å². The Bertz CT molecular complexity index is 473. The summed E-state index contributed by atoms with van der Waals surface area (Å²) in [5.74, 6) is 0.299. The first kappa shape index (κ1) is 9.58. The van der Waals surface area contributed by atoms with Gasteiger partial charge in [-0.05, 0) is 31.5 Å². The Morgan fingerprint density at radius 3 is 2.67 bits per heavy atom. The van der Waals surface area contributed by atoms with Gasteiger partial charge < -0.3 is 5.73 Å². The van der Waals surface area contributed by atoms with Crippen molar-refractivity contribution in [1.29, 1.82) is 0 Å². The van der Waals surface area contributed by atoms with Gasteiger partial charge in [-0.3, -0.25) is 4.98 Å². The molecular weight excluding hydrogens is 188 g/mol. The Morgan fingerprint density at radius 1 is 1.20 bits per heavy atom. The fraction of sp³-hybridized carbons (Fsp3) is 0.182. The van der Waals surface area contributed by atoms with E-state index in [1.54, 1.807) is 12.4 Å². The van der Waals surface area contributed by atoms with E-state index in [1.807, 2.05) is 26.0 Å². The van der Waals surface area contributed by atoms with Crippen LogP contribution in [0.5, 0.6) is 0 Å². The number of nitrogens with two attached hydrogens (primary N) is 1. The molecule has 0 radical (unpaired) electrons. The highest BCUT2D eigenvalue weighted by Gasteiger charge is 2.05. The van der Waals surface area contributed by atoms with E-state index in [0.29, 0.717) is 5.95 Å². The number of anilines is 1. The molecule has 4 nitrogen and oxygen atoms in total. The molecule has 0 bridgehead atoms. The molecule has 2 heterocycles. The molecule has 0 fully saturated rings. The number of nitrogen functional groups attached to an aromatic ring is 1. The number of nitrogens with zero attached hydrogens (tertiary/aromatic N) is 3. The zero-order chi connectivity index (χ0) is 10.8. The lowest BCUT2D eigenvalue weighted by Crippen LogP contribution is -1.99. The minimum Gasteiger partial charge on any atom is -0.368 e. The normalized spacial score (nSPS) is 10.3. The Balaban J connectivity index is 2.59. The van der Waals surface area contributed by atoms with Gasteiger partial charge in [-0.2, -0.15) is 0 Å². The number of aryl methyl sites for hydroxylation is 2. The van der Waals surface area contributed by atoms with Crippen LogP contribution in [-0.2, 0) is 0 Å². The van der Waals surface area contributed by atoms with Crippen molar-refractivity contribution >= 4 is 5.95 Å². The van der Waals surface area contributed by atoms with E-state index >= 15 is 0 Å². The predicted molar refractivity (Wildman–Crippen MR) is 59.1 cm³/mol. The van der Waals surface area contributed by atoms with Gasteiger partial charge in [0.15, 0.2) is 0 Å². The molecule has 0 saturated carbocycles. The van der Waals surface area contributed by atoms with Crippen LogP contribution in [0.4, 0.5) is 5.95 Å². The second kappa shape index (κ2) is 3.65. The van der Waals surface area contributed by atoms with Crippen LogP contribution in [-0.4, -0.2) is 15.0 Å². The Morgan fingerprint density at radius 2 is 2.00 bits per heavy atom. The molecule has 0 aliphatic heterocycles. The molecule has 15 heavy (non-hydrogen) atoms. The van der Waals surface area contributed by atoms with Gasteiger partial charge in [-0.1, -0.05) is 0 Å². The smallest absolute Gasteiger partial charge is 0.220 e. The summed E-state index contributed by atoms with van der Waals surface area (Å²) in [5.41, 5.74) is 9.41. The Kier molecular flexibility index (Phi) is 2.33. The molecule has 76 valence electrons. The SMILES string of the molecule is Cc1cc(-c2cnccc2C)nc(N)n1. The fourth-order valence-corrected chi connectivity index (χ4v) is 1.46. The molecule has 2 rings (SSSR count). The van der Waals surface area contributed by atoms with Gasteiger partial charge in [0.05, 0.1) is 5.69 Å². The van der Waals surface area contributed by atoms with Gasteiger partial charge in [0.25, 0.3) is 0 Å². The summed E-state index contributed by atoms with van der Waals surface area (Å²) in [4.78, 5) is 12.3. The first-order chi connectivity index (χ1) is 7.16. The lowest BCUT2D eigenvalue weighted by atomic mass is 10.1. The minimum atomic E-state index is 0.299. The summed E-state index contributed by atoms with van der Waals surface area (Å²) in [6.45, 7) is 3.91. The van der Waals surface area contributed by atoms with Gasteiger partial charge in [0, 0.05) is 23.7 Å². The highest BCUT2D eigenvalue weighted by Crippen LogP contribution is 2.20. The van der Waals surface area contributed by atoms with Crippen molar-refractivity contribution in [2.75, 3.05) is 5.73 Å². The summed E-state index contributed by atoms with van der Waals surface area (Å²) < 4.78 is 0. The molecule has 0 amide bonds. The molecule has 0 aliphatic rings. The van der Waals surface area contributed by atoms with E-state index in [4.69, 9.17) is 5.73 Å². The number of pyridine rings is 1. The molecule has 4 heteroatoms.